The smallest absolute Gasteiger partial charge is 0.265 e. The van der Waals surface area contributed by atoms with Gasteiger partial charge in [0.25, 0.3) is 5.91 Å². The van der Waals surface area contributed by atoms with E-state index in [1.807, 2.05) is 4.90 Å². The van der Waals surface area contributed by atoms with Gasteiger partial charge in [0.15, 0.2) is 5.13 Å². The molecule has 3 rings (SSSR count). The van der Waals surface area contributed by atoms with Crippen molar-refractivity contribution in [3.63, 3.8) is 0 Å². The lowest BCUT2D eigenvalue weighted by molar-refractivity contribution is 0.0509. The van der Waals surface area contributed by atoms with Crippen LogP contribution in [0.15, 0.2) is 6.20 Å². The van der Waals surface area contributed by atoms with Crippen LogP contribution in [-0.4, -0.2) is 28.9 Å². The van der Waals surface area contributed by atoms with Crippen LogP contribution in [0.2, 0.25) is 0 Å². The Balaban J connectivity index is 1.74. The van der Waals surface area contributed by atoms with E-state index in [1.165, 1.54) is 37.0 Å². The molecule has 5 heteroatoms. The number of rotatable bonds is 1. The molecule has 1 amide bonds. The number of hydrogen-bond donors (Lipinski definition) is 1. The van der Waals surface area contributed by atoms with Crippen LogP contribution in [0.4, 0.5) is 5.13 Å². The van der Waals surface area contributed by atoms with E-state index >= 15 is 0 Å². The van der Waals surface area contributed by atoms with Gasteiger partial charge in [-0.25, -0.2) is 4.98 Å². The predicted octanol–water partition coefficient (Wildman–Crippen LogP) is 1.99. The second kappa shape index (κ2) is 4.29. The molecular formula is C12H17N3OS. The van der Waals surface area contributed by atoms with E-state index in [9.17, 15) is 4.79 Å². The number of amides is 1. The molecule has 1 aliphatic heterocycles. The topological polar surface area (TPSA) is 59.2 Å². The number of nitrogen functional groups attached to an aromatic ring is 1. The Morgan fingerprint density at radius 3 is 2.71 bits per heavy atom. The molecule has 0 aromatic carbocycles. The Morgan fingerprint density at radius 1 is 1.41 bits per heavy atom. The summed E-state index contributed by atoms with van der Waals surface area (Å²) in [6.07, 6.45) is 6.82. The zero-order valence-corrected chi connectivity index (χ0v) is 10.6. The molecule has 0 spiro atoms. The van der Waals surface area contributed by atoms with Crippen LogP contribution in [0.25, 0.3) is 0 Å². The average molecular weight is 251 g/mol. The molecule has 2 N–H and O–H groups in total. The highest BCUT2D eigenvalue weighted by Crippen LogP contribution is 2.35. The lowest BCUT2D eigenvalue weighted by atomic mass is 9.78. The van der Waals surface area contributed by atoms with Crippen molar-refractivity contribution < 1.29 is 4.79 Å². The molecule has 2 fully saturated rings. The summed E-state index contributed by atoms with van der Waals surface area (Å²) in [4.78, 5) is 18.9. The van der Waals surface area contributed by atoms with Gasteiger partial charge in [0.05, 0.1) is 6.20 Å². The highest BCUT2D eigenvalue weighted by atomic mass is 32.1. The Bertz CT molecular complexity index is 419. The van der Waals surface area contributed by atoms with Gasteiger partial charge in [-0.15, -0.1) is 0 Å². The van der Waals surface area contributed by atoms with Crippen molar-refractivity contribution in [2.75, 3.05) is 18.8 Å². The van der Waals surface area contributed by atoms with E-state index in [0.717, 1.165) is 24.9 Å². The molecule has 0 radical (unpaired) electrons. The molecule has 4 nitrogen and oxygen atoms in total. The summed E-state index contributed by atoms with van der Waals surface area (Å²) in [5.41, 5.74) is 5.57. The summed E-state index contributed by atoms with van der Waals surface area (Å²) >= 11 is 1.29. The highest BCUT2D eigenvalue weighted by Gasteiger charge is 2.33. The molecule has 1 saturated carbocycles. The van der Waals surface area contributed by atoms with Crippen molar-refractivity contribution in [1.82, 2.24) is 9.88 Å². The Morgan fingerprint density at radius 2 is 2.12 bits per heavy atom. The van der Waals surface area contributed by atoms with E-state index in [0.29, 0.717) is 10.0 Å². The molecule has 1 aromatic heterocycles. The Hall–Kier alpha value is -1.10. The minimum Gasteiger partial charge on any atom is -0.375 e. The van der Waals surface area contributed by atoms with Crippen molar-refractivity contribution in [2.24, 2.45) is 11.8 Å². The molecule has 2 unspecified atom stereocenters. The number of carbonyl (C=O) groups excluding carboxylic acids is 1. The molecular weight excluding hydrogens is 234 g/mol. The first kappa shape index (κ1) is 11.0. The number of fused-ring (bicyclic) bond motifs is 2. The van der Waals surface area contributed by atoms with E-state index < -0.39 is 0 Å². The third-order valence-corrected chi connectivity index (χ3v) is 4.68. The normalized spacial score (nSPS) is 28.1. The predicted molar refractivity (Wildman–Crippen MR) is 67.9 cm³/mol. The van der Waals surface area contributed by atoms with Crippen molar-refractivity contribution in [2.45, 2.75) is 25.7 Å². The van der Waals surface area contributed by atoms with E-state index in [2.05, 4.69) is 4.98 Å². The number of anilines is 1. The summed E-state index contributed by atoms with van der Waals surface area (Å²) < 4.78 is 0. The lowest BCUT2D eigenvalue weighted by Gasteiger charge is -2.41. The van der Waals surface area contributed by atoms with Crippen LogP contribution in [0, 0.1) is 11.8 Å². The summed E-state index contributed by atoms with van der Waals surface area (Å²) in [5, 5.41) is 0.477. The number of thiazole rings is 1. The Labute approximate surface area is 105 Å². The number of piperidine rings is 1. The number of likely N-dealkylation sites (tertiary alicyclic amines) is 1. The third-order valence-electron chi connectivity index (χ3n) is 3.87. The van der Waals surface area contributed by atoms with Gasteiger partial charge in [-0.05, 0) is 31.1 Å². The highest BCUT2D eigenvalue weighted by molar-refractivity contribution is 7.17. The quantitative estimate of drug-likeness (QED) is 0.830. The van der Waals surface area contributed by atoms with Crippen LogP contribution in [0.1, 0.15) is 35.4 Å². The second-order valence-corrected chi connectivity index (χ2v) is 6.23. The summed E-state index contributed by atoms with van der Waals surface area (Å²) in [7, 11) is 0. The lowest BCUT2D eigenvalue weighted by Crippen LogP contribution is -2.45. The van der Waals surface area contributed by atoms with Gasteiger partial charge < -0.3 is 10.6 Å². The van der Waals surface area contributed by atoms with E-state index in [4.69, 9.17) is 5.73 Å². The molecule has 2 atom stereocenters. The fraction of sp³-hybridized carbons (Fsp3) is 0.667. The number of nitrogens with two attached hydrogens (primary N) is 1. The maximum atomic E-state index is 12.3. The fourth-order valence-electron chi connectivity index (χ4n) is 3.14. The maximum Gasteiger partial charge on any atom is 0.265 e. The van der Waals surface area contributed by atoms with Gasteiger partial charge in [-0.2, -0.15) is 0 Å². The zero-order chi connectivity index (χ0) is 11.8. The largest absolute Gasteiger partial charge is 0.375 e. The first-order valence-corrected chi connectivity index (χ1v) is 7.04. The van der Waals surface area contributed by atoms with Gasteiger partial charge in [-0.3, -0.25) is 4.79 Å². The first-order valence-electron chi connectivity index (χ1n) is 6.23. The SMILES string of the molecule is Nc1ncc(C(=O)N2CC3CCCC(C3)C2)s1. The van der Waals surface area contributed by atoms with Crippen LogP contribution < -0.4 is 5.73 Å². The van der Waals surface area contributed by atoms with E-state index in [1.54, 1.807) is 6.20 Å². The zero-order valence-electron chi connectivity index (χ0n) is 9.76. The third kappa shape index (κ3) is 2.16. The number of hydrogen-bond acceptors (Lipinski definition) is 4. The van der Waals surface area contributed by atoms with Crippen molar-refractivity contribution >= 4 is 22.4 Å². The molecule has 17 heavy (non-hydrogen) atoms. The van der Waals surface area contributed by atoms with Gasteiger partial charge in [0, 0.05) is 13.1 Å². The maximum absolute atomic E-state index is 12.3. The van der Waals surface area contributed by atoms with Crippen molar-refractivity contribution in [1.29, 1.82) is 0 Å². The number of aromatic nitrogens is 1. The van der Waals surface area contributed by atoms with Crippen LogP contribution in [-0.2, 0) is 0 Å². The molecule has 92 valence electrons. The molecule has 2 heterocycles. The molecule has 2 bridgehead atoms. The molecule has 1 aromatic rings. The van der Waals surface area contributed by atoms with Crippen LogP contribution in [0.5, 0.6) is 0 Å². The standard InChI is InChI=1S/C12H17N3OS/c13-12-14-5-10(17-12)11(16)15-6-8-2-1-3-9(4-8)7-15/h5,8-9H,1-4,6-7H2,(H2,13,14). The van der Waals surface area contributed by atoms with Crippen LogP contribution in [0.3, 0.4) is 0 Å². The number of carbonyl (C=O) groups is 1. The van der Waals surface area contributed by atoms with Crippen LogP contribution >= 0.6 is 11.3 Å². The first-order chi connectivity index (χ1) is 8.22. The summed E-state index contributed by atoms with van der Waals surface area (Å²) in [6.45, 7) is 1.85. The van der Waals surface area contributed by atoms with Gasteiger partial charge in [-0.1, -0.05) is 17.8 Å². The fourth-order valence-corrected chi connectivity index (χ4v) is 3.79. The molecule has 1 aliphatic carbocycles. The van der Waals surface area contributed by atoms with Crippen molar-refractivity contribution in [3.8, 4) is 0 Å². The summed E-state index contributed by atoms with van der Waals surface area (Å²) in [6, 6.07) is 0. The minimum atomic E-state index is 0.121. The molecule has 2 aliphatic rings. The Kier molecular flexibility index (Phi) is 2.78. The van der Waals surface area contributed by atoms with Gasteiger partial charge in [0.2, 0.25) is 0 Å². The monoisotopic (exact) mass is 251 g/mol. The summed E-state index contributed by atoms with van der Waals surface area (Å²) in [5.74, 6) is 1.56. The van der Waals surface area contributed by atoms with Gasteiger partial charge >= 0.3 is 0 Å². The average Bonchev–Trinajstić information content (AvgIpc) is 2.74. The number of nitrogens with zero attached hydrogens (tertiary/aromatic N) is 2. The molecule has 1 saturated heterocycles. The second-order valence-electron chi connectivity index (χ2n) is 5.17. The van der Waals surface area contributed by atoms with Gasteiger partial charge in [0.1, 0.15) is 4.88 Å². The van der Waals surface area contributed by atoms with Crippen molar-refractivity contribution in [3.05, 3.63) is 11.1 Å². The minimum absolute atomic E-state index is 0.121. The van der Waals surface area contributed by atoms with E-state index in [-0.39, 0.29) is 5.91 Å².